The first-order valence-corrected chi connectivity index (χ1v) is 11.0. The monoisotopic (exact) mass is 453 g/mol. The number of amides is 1. The van der Waals surface area contributed by atoms with Gasteiger partial charge in [0.2, 0.25) is 5.89 Å². The van der Waals surface area contributed by atoms with Gasteiger partial charge in [0.05, 0.1) is 13.2 Å². The highest BCUT2D eigenvalue weighted by Crippen LogP contribution is 2.23. The lowest BCUT2D eigenvalue weighted by Gasteiger charge is -2.23. The molecule has 3 aromatic rings. The number of nitrogens with zero attached hydrogens (tertiary/aromatic N) is 2. The van der Waals surface area contributed by atoms with Crippen LogP contribution in [0.2, 0.25) is 0 Å². The number of benzene rings is 2. The van der Waals surface area contributed by atoms with Crippen molar-refractivity contribution >= 4 is 5.91 Å². The van der Waals surface area contributed by atoms with Gasteiger partial charge in [-0.3, -0.25) is 9.69 Å². The zero-order chi connectivity index (χ0) is 23.8. The second kappa shape index (κ2) is 11.2. The summed E-state index contributed by atoms with van der Waals surface area (Å²) in [4.78, 5) is 18.7. The van der Waals surface area contributed by atoms with E-state index in [1.54, 1.807) is 19.2 Å². The Hall–Kier alpha value is -3.03. The number of aromatic nitrogens is 1. The summed E-state index contributed by atoms with van der Waals surface area (Å²) in [7, 11) is 1.58. The van der Waals surface area contributed by atoms with Crippen molar-refractivity contribution in [1.29, 1.82) is 0 Å². The maximum atomic E-state index is 13.4. The molecule has 2 aromatic carbocycles. The van der Waals surface area contributed by atoms with Gasteiger partial charge >= 0.3 is 0 Å². The zero-order valence-corrected chi connectivity index (χ0v) is 19.7. The van der Waals surface area contributed by atoms with Crippen molar-refractivity contribution in [2.75, 3.05) is 20.3 Å². The summed E-state index contributed by atoms with van der Waals surface area (Å²) in [6, 6.07) is 15.0. The molecule has 1 aromatic heterocycles. The van der Waals surface area contributed by atoms with Crippen LogP contribution in [0.1, 0.15) is 53.8 Å². The van der Waals surface area contributed by atoms with Crippen molar-refractivity contribution in [3.8, 4) is 0 Å². The van der Waals surface area contributed by atoms with E-state index in [0.717, 1.165) is 11.1 Å². The number of methoxy groups -OCH3 is 1. The maximum absolute atomic E-state index is 13.4. The largest absolute Gasteiger partial charge is 0.447 e. The lowest BCUT2D eigenvalue weighted by atomic mass is 9.87. The molecule has 0 aliphatic heterocycles. The fourth-order valence-electron chi connectivity index (χ4n) is 3.42. The Balaban J connectivity index is 1.73. The summed E-state index contributed by atoms with van der Waals surface area (Å²) in [5.41, 5.74) is 3.72. The predicted octanol–water partition coefficient (Wildman–Crippen LogP) is 4.69. The van der Waals surface area contributed by atoms with Crippen molar-refractivity contribution in [3.63, 3.8) is 0 Å². The first-order valence-electron chi connectivity index (χ1n) is 11.0. The van der Waals surface area contributed by atoms with Crippen molar-refractivity contribution < 1.29 is 18.3 Å². The minimum absolute atomic E-state index is 0.0879. The van der Waals surface area contributed by atoms with Crippen molar-refractivity contribution in [2.24, 2.45) is 0 Å². The zero-order valence-electron chi connectivity index (χ0n) is 19.7. The van der Waals surface area contributed by atoms with Crippen LogP contribution in [0.4, 0.5) is 4.39 Å². The molecule has 0 spiro atoms. The van der Waals surface area contributed by atoms with Gasteiger partial charge in [0.25, 0.3) is 5.91 Å². The van der Waals surface area contributed by atoms with E-state index < -0.39 is 0 Å². The molecule has 7 heteroatoms. The molecular weight excluding hydrogens is 421 g/mol. The first kappa shape index (κ1) is 24.6. The molecule has 3 rings (SSSR count). The minimum atomic E-state index is -0.301. The van der Waals surface area contributed by atoms with E-state index in [2.05, 4.69) is 60.2 Å². The van der Waals surface area contributed by atoms with Gasteiger partial charge in [-0.2, -0.15) is 0 Å². The van der Waals surface area contributed by atoms with E-state index in [-0.39, 0.29) is 22.8 Å². The molecular formula is C26H32FN3O3. The lowest BCUT2D eigenvalue weighted by molar-refractivity contribution is 0.0932. The van der Waals surface area contributed by atoms with Crippen LogP contribution in [0.3, 0.4) is 0 Å². The van der Waals surface area contributed by atoms with Crippen LogP contribution in [0.15, 0.2) is 59.2 Å². The number of halogens is 1. The van der Waals surface area contributed by atoms with Gasteiger partial charge < -0.3 is 14.5 Å². The Morgan fingerprint density at radius 2 is 1.64 bits per heavy atom. The average molecular weight is 454 g/mol. The molecule has 0 saturated carbocycles. The molecule has 176 valence electrons. The van der Waals surface area contributed by atoms with Gasteiger partial charge in [-0.05, 0) is 34.2 Å². The number of ether oxygens (including phenoxy) is 1. The van der Waals surface area contributed by atoms with Gasteiger partial charge in [0, 0.05) is 26.7 Å². The Labute approximate surface area is 194 Å². The number of carbonyl (C=O) groups excluding carboxylic acids is 1. The first-order chi connectivity index (χ1) is 15.7. The van der Waals surface area contributed by atoms with E-state index in [4.69, 9.17) is 9.15 Å². The normalized spacial score (nSPS) is 11.7. The van der Waals surface area contributed by atoms with E-state index in [1.165, 1.54) is 24.0 Å². The smallest absolute Gasteiger partial charge is 0.273 e. The summed E-state index contributed by atoms with van der Waals surface area (Å²) in [5.74, 6) is -0.120. The summed E-state index contributed by atoms with van der Waals surface area (Å²) < 4.78 is 23.9. The van der Waals surface area contributed by atoms with E-state index in [1.807, 2.05) is 0 Å². The van der Waals surface area contributed by atoms with Crippen LogP contribution in [-0.4, -0.2) is 36.1 Å². The van der Waals surface area contributed by atoms with Gasteiger partial charge in [0.15, 0.2) is 5.69 Å². The van der Waals surface area contributed by atoms with Gasteiger partial charge in [-0.1, -0.05) is 57.2 Å². The molecule has 0 aliphatic carbocycles. The molecule has 0 bridgehead atoms. The van der Waals surface area contributed by atoms with E-state index >= 15 is 0 Å². The molecule has 1 amide bonds. The van der Waals surface area contributed by atoms with Gasteiger partial charge in [0.1, 0.15) is 12.1 Å². The van der Waals surface area contributed by atoms with Crippen LogP contribution < -0.4 is 5.32 Å². The lowest BCUT2D eigenvalue weighted by Crippen LogP contribution is -2.27. The van der Waals surface area contributed by atoms with Gasteiger partial charge in [-0.15, -0.1) is 0 Å². The van der Waals surface area contributed by atoms with Crippen LogP contribution in [0.25, 0.3) is 0 Å². The summed E-state index contributed by atoms with van der Waals surface area (Å²) in [6.07, 6.45) is 1.37. The third-order valence-electron chi connectivity index (χ3n) is 5.28. The van der Waals surface area contributed by atoms with Crippen molar-refractivity contribution in [2.45, 2.75) is 45.8 Å². The maximum Gasteiger partial charge on any atom is 0.273 e. The number of hydrogen-bond donors (Lipinski definition) is 1. The number of hydrogen-bond acceptors (Lipinski definition) is 5. The van der Waals surface area contributed by atoms with Crippen LogP contribution >= 0.6 is 0 Å². The number of oxazole rings is 1. The molecule has 0 aliphatic rings. The summed E-state index contributed by atoms with van der Waals surface area (Å²) >= 11 is 0. The number of carbonyl (C=O) groups is 1. The Morgan fingerprint density at radius 3 is 2.21 bits per heavy atom. The topological polar surface area (TPSA) is 67.6 Å². The summed E-state index contributed by atoms with van der Waals surface area (Å²) in [6.45, 7) is 9.04. The number of nitrogens with one attached hydrogen (secondary N) is 1. The Morgan fingerprint density at radius 1 is 1.03 bits per heavy atom. The fraction of sp³-hybridized carbons (Fsp3) is 0.385. The minimum Gasteiger partial charge on any atom is -0.447 e. The standard InChI is InChI=1S/C26H32FN3O3/c1-26(2,3)21-9-5-19(6-10-21)15-30(16-20-7-11-22(27)12-8-20)17-24-29-23(18-33-24)25(31)28-13-14-32-4/h5-12,18H,13-17H2,1-4H3,(H,28,31). The highest BCUT2D eigenvalue weighted by molar-refractivity contribution is 5.91. The van der Waals surface area contributed by atoms with E-state index in [0.29, 0.717) is 38.7 Å². The second-order valence-electron chi connectivity index (χ2n) is 9.09. The molecule has 0 radical (unpaired) electrons. The molecule has 0 saturated heterocycles. The van der Waals surface area contributed by atoms with Crippen molar-refractivity contribution in [3.05, 3.63) is 88.9 Å². The SMILES string of the molecule is COCCNC(=O)c1coc(CN(Cc2ccc(F)cc2)Cc2ccc(C(C)(C)C)cc2)n1. The molecule has 1 N–H and O–H groups in total. The molecule has 0 atom stereocenters. The third-order valence-corrected chi connectivity index (χ3v) is 5.28. The van der Waals surface area contributed by atoms with Crippen molar-refractivity contribution in [1.82, 2.24) is 15.2 Å². The highest BCUT2D eigenvalue weighted by atomic mass is 19.1. The predicted molar refractivity (Wildman–Crippen MR) is 125 cm³/mol. The quantitative estimate of drug-likeness (QED) is 0.451. The molecule has 0 unspecified atom stereocenters. The Bertz CT molecular complexity index is 1020. The molecule has 0 fully saturated rings. The summed E-state index contributed by atoms with van der Waals surface area (Å²) in [5, 5.41) is 2.73. The van der Waals surface area contributed by atoms with E-state index in [9.17, 15) is 9.18 Å². The molecule has 1 heterocycles. The van der Waals surface area contributed by atoms with Crippen LogP contribution in [-0.2, 0) is 29.8 Å². The Kier molecular flexibility index (Phi) is 8.36. The fourth-order valence-corrected chi connectivity index (χ4v) is 3.42. The molecule has 6 nitrogen and oxygen atoms in total. The van der Waals surface area contributed by atoms with Gasteiger partial charge in [-0.25, -0.2) is 9.37 Å². The highest BCUT2D eigenvalue weighted by Gasteiger charge is 2.17. The molecule has 33 heavy (non-hydrogen) atoms. The average Bonchev–Trinajstić information content (AvgIpc) is 3.24. The number of rotatable bonds is 10. The second-order valence-corrected chi connectivity index (χ2v) is 9.09. The van der Waals surface area contributed by atoms with Crippen LogP contribution in [0.5, 0.6) is 0 Å². The third kappa shape index (κ3) is 7.51. The van der Waals surface area contributed by atoms with Crippen LogP contribution in [0, 0.1) is 5.82 Å².